The number of hydrogen-bond acceptors (Lipinski definition) is 6. The molecule has 7 nitrogen and oxygen atoms in total. The van der Waals surface area contributed by atoms with Gasteiger partial charge in [-0.15, -0.1) is 0 Å². The Labute approximate surface area is 89.4 Å². The second kappa shape index (κ2) is 2.72. The van der Waals surface area contributed by atoms with E-state index < -0.39 is 0 Å². The van der Waals surface area contributed by atoms with Crippen molar-refractivity contribution in [2.75, 3.05) is 11.2 Å². The Balaban J connectivity index is 2.56. The minimum atomic E-state index is -0.345. The van der Waals surface area contributed by atoms with Crippen LogP contribution in [-0.2, 0) is 0 Å². The van der Waals surface area contributed by atoms with Crippen LogP contribution in [0.3, 0.4) is 0 Å². The van der Waals surface area contributed by atoms with Gasteiger partial charge in [-0.3, -0.25) is 9.47 Å². The molecular weight excluding hydrogens is 208 g/mol. The third-order valence-electron chi connectivity index (χ3n) is 2.37. The minimum absolute atomic E-state index is 0.164. The zero-order valence-corrected chi connectivity index (χ0v) is 8.14. The standard InChI is InChI=1S/C9H8N6O/c10-9-13-7-6-4(1-2-5(16)12-7)3-15(11)8(6)14-9/h1-3H,11H2,(H3,10,12,13,14,16). The van der Waals surface area contributed by atoms with Crippen molar-refractivity contribution in [3.05, 3.63) is 28.7 Å². The smallest absolute Gasteiger partial charge is 0.271 e. The number of anilines is 1. The first-order chi connectivity index (χ1) is 7.65. The number of guanidine groups is 1. The summed E-state index contributed by atoms with van der Waals surface area (Å²) in [5, 5.41) is 4.22. The molecule has 0 atom stereocenters. The van der Waals surface area contributed by atoms with Crippen LogP contribution in [0.4, 0.5) is 11.6 Å². The van der Waals surface area contributed by atoms with Gasteiger partial charge < -0.3 is 16.9 Å². The zero-order chi connectivity index (χ0) is 11.3. The molecule has 0 unspecified atom stereocenters. The van der Waals surface area contributed by atoms with Gasteiger partial charge in [0, 0.05) is 17.6 Å². The van der Waals surface area contributed by atoms with Gasteiger partial charge in [0.15, 0.2) is 5.82 Å². The molecular formula is C9H8N6O. The zero-order valence-electron chi connectivity index (χ0n) is 8.14. The van der Waals surface area contributed by atoms with Gasteiger partial charge in [0.2, 0.25) is 5.96 Å². The number of hydrogen-bond donors (Lipinski definition) is 3. The van der Waals surface area contributed by atoms with Crippen molar-refractivity contribution in [2.45, 2.75) is 0 Å². The highest BCUT2D eigenvalue weighted by molar-refractivity contribution is 6.10. The molecule has 0 fully saturated rings. The average molecular weight is 216 g/mol. The third kappa shape index (κ3) is 1.05. The highest BCUT2D eigenvalue weighted by atomic mass is 16.1. The molecule has 0 saturated carbocycles. The normalized spacial score (nSPS) is 13.4. The quantitative estimate of drug-likeness (QED) is 0.513. The van der Waals surface area contributed by atoms with E-state index in [1.807, 2.05) is 0 Å². The van der Waals surface area contributed by atoms with Crippen LogP contribution in [0.15, 0.2) is 28.1 Å². The highest BCUT2D eigenvalue weighted by Crippen LogP contribution is 2.32. The Morgan fingerprint density at radius 3 is 3.00 bits per heavy atom. The summed E-state index contributed by atoms with van der Waals surface area (Å²) in [7, 11) is 0. The molecule has 0 aliphatic carbocycles. The number of rotatable bonds is 0. The van der Waals surface area contributed by atoms with Crippen molar-refractivity contribution >= 4 is 28.4 Å². The van der Waals surface area contributed by atoms with E-state index in [9.17, 15) is 4.79 Å². The lowest BCUT2D eigenvalue weighted by molar-refractivity contribution is 1.01. The molecule has 80 valence electrons. The number of nitrogens with one attached hydrogen (secondary N) is 1. The van der Waals surface area contributed by atoms with Crippen LogP contribution in [0.5, 0.6) is 0 Å². The summed E-state index contributed by atoms with van der Waals surface area (Å²) in [6, 6.07) is 3.03. The van der Waals surface area contributed by atoms with Gasteiger partial charge in [-0.05, 0) is 6.07 Å². The molecule has 2 aromatic rings. The van der Waals surface area contributed by atoms with Crippen molar-refractivity contribution < 1.29 is 0 Å². The van der Waals surface area contributed by atoms with Crippen LogP contribution < -0.4 is 22.5 Å². The largest absolute Gasteiger partial charge is 0.369 e. The summed E-state index contributed by atoms with van der Waals surface area (Å²) in [4.78, 5) is 19.2. The average Bonchev–Trinajstić information content (AvgIpc) is 2.43. The molecule has 3 rings (SSSR count). The van der Waals surface area contributed by atoms with Gasteiger partial charge in [0.25, 0.3) is 5.56 Å². The fraction of sp³-hybridized carbons (Fsp3) is 0. The number of nitrogens with zero attached hydrogens (tertiary/aromatic N) is 3. The van der Waals surface area contributed by atoms with E-state index in [4.69, 9.17) is 11.6 Å². The van der Waals surface area contributed by atoms with Crippen LogP contribution in [0.25, 0.3) is 10.8 Å². The molecule has 0 aromatic carbocycles. The molecule has 0 amide bonds. The number of aromatic nitrogens is 2. The van der Waals surface area contributed by atoms with Crippen molar-refractivity contribution in [3.8, 4) is 0 Å². The first-order valence-corrected chi connectivity index (χ1v) is 4.58. The van der Waals surface area contributed by atoms with Crippen LogP contribution >= 0.6 is 0 Å². The fourth-order valence-electron chi connectivity index (χ4n) is 1.73. The Kier molecular flexibility index (Phi) is 1.48. The molecule has 0 bridgehead atoms. The van der Waals surface area contributed by atoms with Crippen LogP contribution in [0.1, 0.15) is 0 Å². The highest BCUT2D eigenvalue weighted by Gasteiger charge is 2.17. The van der Waals surface area contributed by atoms with Crippen molar-refractivity contribution in [1.82, 2.24) is 9.66 Å². The third-order valence-corrected chi connectivity index (χ3v) is 2.37. The number of aliphatic imine (C=N–C) groups is 1. The van der Waals surface area contributed by atoms with E-state index in [-0.39, 0.29) is 11.5 Å². The van der Waals surface area contributed by atoms with Gasteiger partial charge in [-0.1, -0.05) is 0 Å². The molecule has 5 N–H and O–H groups in total. The van der Waals surface area contributed by atoms with E-state index in [0.29, 0.717) is 17.0 Å². The molecule has 1 aliphatic rings. The van der Waals surface area contributed by atoms with E-state index in [0.717, 1.165) is 5.39 Å². The Bertz CT molecular complexity index is 686. The Hall–Kier alpha value is -2.57. The van der Waals surface area contributed by atoms with E-state index in [1.165, 1.54) is 10.7 Å². The number of nitrogens with two attached hydrogens (primary N) is 2. The minimum Gasteiger partial charge on any atom is -0.369 e. The molecule has 0 saturated heterocycles. The summed E-state index contributed by atoms with van der Waals surface area (Å²) in [6.07, 6.45) is 1.67. The summed E-state index contributed by atoms with van der Waals surface area (Å²) in [6.45, 7) is 0. The fourth-order valence-corrected chi connectivity index (χ4v) is 1.73. The molecule has 7 heteroatoms. The maximum Gasteiger partial charge on any atom is 0.271 e. The Morgan fingerprint density at radius 1 is 1.38 bits per heavy atom. The number of nitrogen functional groups attached to an aromatic ring is 1. The van der Waals surface area contributed by atoms with E-state index in [2.05, 4.69) is 15.3 Å². The second-order valence-corrected chi connectivity index (χ2v) is 3.44. The summed E-state index contributed by atoms with van der Waals surface area (Å²) in [5.74, 6) is 6.77. The summed E-state index contributed by atoms with van der Waals surface area (Å²) < 4.78 is 1.36. The maximum absolute atomic E-state index is 11.3. The van der Waals surface area contributed by atoms with Crippen LogP contribution in [-0.4, -0.2) is 15.6 Å². The molecule has 3 heterocycles. The monoisotopic (exact) mass is 216 g/mol. The maximum atomic E-state index is 11.3. The molecule has 2 aromatic heterocycles. The SMILES string of the molecule is NC1=Nc2c3c(nc(=O)ccc3cn2N)N1. The molecule has 0 radical (unpaired) electrons. The predicted octanol–water partition coefficient (Wildman–Crippen LogP) is -0.518. The van der Waals surface area contributed by atoms with Crippen molar-refractivity contribution in [3.63, 3.8) is 0 Å². The van der Waals surface area contributed by atoms with Gasteiger partial charge >= 0.3 is 0 Å². The topological polar surface area (TPSA) is 111 Å². The lowest BCUT2D eigenvalue weighted by atomic mass is 10.2. The van der Waals surface area contributed by atoms with Crippen molar-refractivity contribution in [2.24, 2.45) is 10.7 Å². The van der Waals surface area contributed by atoms with Crippen LogP contribution in [0, 0.1) is 0 Å². The van der Waals surface area contributed by atoms with Gasteiger partial charge in [0.1, 0.15) is 5.82 Å². The van der Waals surface area contributed by atoms with Gasteiger partial charge in [0.05, 0.1) is 5.39 Å². The van der Waals surface area contributed by atoms with Crippen LogP contribution in [0.2, 0.25) is 0 Å². The van der Waals surface area contributed by atoms with Gasteiger partial charge in [-0.25, -0.2) is 0 Å². The molecule has 16 heavy (non-hydrogen) atoms. The van der Waals surface area contributed by atoms with Gasteiger partial charge in [-0.2, -0.15) is 9.98 Å². The van der Waals surface area contributed by atoms with E-state index >= 15 is 0 Å². The van der Waals surface area contributed by atoms with Crippen molar-refractivity contribution in [1.29, 1.82) is 0 Å². The molecule has 1 aliphatic heterocycles. The molecule has 0 spiro atoms. The predicted molar refractivity (Wildman–Crippen MR) is 61.1 cm³/mol. The summed E-state index contributed by atoms with van der Waals surface area (Å²) >= 11 is 0. The Morgan fingerprint density at radius 2 is 2.19 bits per heavy atom. The first-order valence-electron chi connectivity index (χ1n) is 4.58. The lowest BCUT2D eigenvalue weighted by Gasteiger charge is -2.10. The van der Waals surface area contributed by atoms with E-state index in [1.54, 1.807) is 12.3 Å². The second-order valence-electron chi connectivity index (χ2n) is 3.44. The lowest BCUT2D eigenvalue weighted by Crippen LogP contribution is -2.26. The summed E-state index contributed by atoms with van der Waals surface area (Å²) in [5.41, 5.74) is 5.23. The first kappa shape index (κ1) is 8.72.